The molecule has 0 bridgehead atoms. The molecule has 2 saturated carbocycles. The van der Waals surface area contributed by atoms with E-state index in [2.05, 4.69) is 12.2 Å². The third-order valence-corrected chi connectivity index (χ3v) is 5.00. The molecule has 108 valence electrons. The van der Waals surface area contributed by atoms with Crippen molar-refractivity contribution in [1.82, 2.24) is 5.32 Å². The van der Waals surface area contributed by atoms with Gasteiger partial charge in [-0.05, 0) is 44.4 Å². The van der Waals surface area contributed by atoms with Crippen molar-refractivity contribution in [2.75, 3.05) is 13.1 Å². The molecular weight excluding hydrogens is 244 g/mol. The number of nitrogens with one attached hydrogen (secondary N) is 1. The van der Waals surface area contributed by atoms with Crippen LogP contribution in [0.3, 0.4) is 0 Å². The predicted octanol–water partition coefficient (Wildman–Crippen LogP) is 1.12. The first-order valence-electron chi connectivity index (χ1n) is 7.16. The first-order chi connectivity index (χ1) is 8.94. The Morgan fingerprint density at radius 1 is 1.21 bits per heavy atom. The molecule has 2 aliphatic rings. The van der Waals surface area contributed by atoms with Gasteiger partial charge in [0.05, 0.1) is 10.8 Å². The molecule has 0 spiro atoms. The minimum atomic E-state index is -0.780. The molecule has 0 aromatic rings. The molecule has 2 aliphatic carbocycles. The topological polar surface area (TPSA) is 92.4 Å². The molecule has 0 aromatic carbocycles. The van der Waals surface area contributed by atoms with Gasteiger partial charge in [0.15, 0.2) is 0 Å². The SMILES string of the molecule is CC1CCC(CNC(=O)C2(CN)CC2)(C(=O)O)CC1. The average molecular weight is 268 g/mol. The maximum absolute atomic E-state index is 12.0. The van der Waals surface area contributed by atoms with Crippen molar-refractivity contribution in [2.24, 2.45) is 22.5 Å². The molecular formula is C14H24N2O3. The molecule has 1 amide bonds. The molecule has 2 fully saturated rings. The second kappa shape index (κ2) is 5.12. The highest BCUT2D eigenvalue weighted by Crippen LogP contribution is 2.45. The van der Waals surface area contributed by atoms with Gasteiger partial charge in [-0.25, -0.2) is 0 Å². The minimum absolute atomic E-state index is 0.0609. The van der Waals surface area contributed by atoms with E-state index in [-0.39, 0.29) is 12.5 Å². The number of amides is 1. The van der Waals surface area contributed by atoms with E-state index in [4.69, 9.17) is 5.73 Å². The smallest absolute Gasteiger partial charge is 0.311 e. The number of aliphatic carboxylic acids is 1. The summed E-state index contributed by atoms with van der Waals surface area (Å²) in [6.45, 7) is 2.75. The van der Waals surface area contributed by atoms with Crippen LogP contribution in [0.4, 0.5) is 0 Å². The minimum Gasteiger partial charge on any atom is -0.481 e. The van der Waals surface area contributed by atoms with Gasteiger partial charge in [0, 0.05) is 13.1 Å². The summed E-state index contributed by atoms with van der Waals surface area (Å²) in [6, 6.07) is 0. The van der Waals surface area contributed by atoms with E-state index in [1.807, 2.05) is 0 Å². The highest BCUT2D eigenvalue weighted by Gasteiger charge is 2.49. The predicted molar refractivity (Wildman–Crippen MR) is 71.4 cm³/mol. The normalized spacial score (nSPS) is 32.6. The summed E-state index contributed by atoms with van der Waals surface area (Å²) in [6.07, 6.45) is 4.80. The Morgan fingerprint density at radius 2 is 1.79 bits per heavy atom. The number of carboxylic acids is 1. The van der Waals surface area contributed by atoms with Gasteiger partial charge in [0.1, 0.15) is 0 Å². The van der Waals surface area contributed by atoms with Crippen molar-refractivity contribution in [3.05, 3.63) is 0 Å². The van der Waals surface area contributed by atoms with E-state index in [1.54, 1.807) is 0 Å². The summed E-state index contributed by atoms with van der Waals surface area (Å²) in [5.41, 5.74) is 4.44. The van der Waals surface area contributed by atoms with E-state index in [0.29, 0.717) is 25.3 Å². The van der Waals surface area contributed by atoms with Crippen LogP contribution in [0.2, 0.25) is 0 Å². The second-order valence-corrected chi connectivity index (χ2v) is 6.44. The van der Waals surface area contributed by atoms with Crippen molar-refractivity contribution >= 4 is 11.9 Å². The number of rotatable bonds is 5. The molecule has 0 aromatic heterocycles. The lowest BCUT2D eigenvalue weighted by atomic mass is 9.70. The molecule has 0 unspecified atom stereocenters. The maximum Gasteiger partial charge on any atom is 0.311 e. The van der Waals surface area contributed by atoms with E-state index in [0.717, 1.165) is 25.7 Å². The van der Waals surface area contributed by atoms with E-state index >= 15 is 0 Å². The largest absolute Gasteiger partial charge is 0.481 e. The van der Waals surface area contributed by atoms with Crippen LogP contribution >= 0.6 is 0 Å². The van der Waals surface area contributed by atoms with Crippen LogP contribution in [0.5, 0.6) is 0 Å². The zero-order valence-electron chi connectivity index (χ0n) is 11.6. The summed E-state index contributed by atoms with van der Waals surface area (Å²) in [5, 5.41) is 12.3. The molecule has 0 atom stereocenters. The molecule has 0 saturated heterocycles. The number of hydrogen-bond acceptors (Lipinski definition) is 3. The van der Waals surface area contributed by atoms with Crippen molar-refractivity contribution in [3.63, 3.8) is 0 Å². The lowest BCUT2D eigenvalue weighted by molar-refractivity contribution is -0.151. The second-order valence-electron chi connectivity index (χ2n) is 6.44. The highest BCUT2D eigenvalue weighted by atomic mass is 16.4. The Bertz CT molecular complexity index is 369. The van der Waals surface area contributed by atoms with Crippen LogP contribution in [-0.2, 0) is 9.59 Å². The van der Waals surface area contributed by atoms with Gasteiger partial charge >= 0.3 is 5.97 Å². The van der Waals surface area contributed by atoms with Crippen LogP contribution < -0.4 is 11.1 Å². The summed E-state index contributed by atoms with van der Waals surface area (Å²) in [7, 11) is 0. The number of carboxylic acid groups (broad SMARTS) is 1. The fraction of sp³-hybridized carbons (Fsp3) is 0.857. The Hall–Kier alpha value is -1.10. The van der Waals surface area contributed by atoms with Crippen LogP contribution in [0.1, 0.15) is 45.4 Å². The molecule has 4 N–H and O–H groups in total. The first-order valence-corrected chi connectivity index (χ1v) is 7.16. The monoisotopic (exact) mass is 268 g/mol. The summed E-state index contributed by atoms with van der Waals surface area (Å²) in [4.78, 5) is 23.6. The Labute approximate surface area is 113 Å². The van der Waals surface area contributed by atoms with Crippen molar-refractivity contribution in [3.8, 4) is 0 Å². The van der Waals surface area contributed by atoms with Gasteiger partial charge < -0.3 is 16.2 Å². The first kappa shape index (κ1) is 14.3. The standard InChI is InChI=1S/C14H24N2O3/c1-10-2-4-14(5-3-10,12(18)19)9-16-11(17)13(8-15)6-7-13/h10H,2-9,15H2,1H3,(H,16,17)(H,18,19). The average Bonchev–Trinajstić information content (AvgIpc) is 3.19. The number of hydrogen-bond donors (Lipinski definition) is 3. The van der Waals surface area contributed by atoms with E-state index in [1.165, 1.54) is 0 Å². The molecule has 0 radical (unpaired) electrons. The van der Waals surface area contributed by atoms with Gasteiger partial charge in [0.25, 0.3) is 0 Å². The third kappa shape index (κ3) is 2.76. The zero-order chi connectivity index (χ0) is 14.1. The summed E-state index contributed by atoms with van der Waals surface area (Å²) in [5.74, 6) is -0.256. The molecule has 5 heteroatoms. The molecule has 0 aliphatic heterocycles. The highest BCUT2D eigenvalue weighted by molar-refractivity contribution is 5.86. The Kier molecular flexibility index (Phi) is 3.85. The number of nitrogens with two attached hydrogens (primary N) is 1. The Balaban J connectivity index is 1.95. The van der Waals surface area contributed by atoms with Crippen molar-refractivity contribution in [2.45, 2.75) is 45.4 Å². The lowest BCUT2D eigenvalue weighted by Crippen LogP contribution is -2.47. The van der Waals surface area contributed by atoms with E-state index < -0.39 is 16.8 Å². The van der Waals surface area contributed by atoms with Gasteiger partial charge in [-0.15, -0.1) is 0 Å². The van der Waals surface area contributed by atoms with Gasteiger partial charge in [-0.1, -0.05) is 6.92 Å². The fourth-order valence-electron chi connectivity index (χ4n) is 2.89. The fourth-order valence-corrected chi connectivity index (χ4v) is 2.89. The number of carbonyl (C=O) groups excluding carboxylic acids is 1. The van der Waals surface area contributed by atoms with Crippen LogP contribution in [0, 0.1) is 16.7 Å². The molecule has 19 heavy (non-hydrogen) atoms. The number of carbonyl (C=O) groups is 2. The van der Waals surface area contributed by atoms with Crippen LogP contribution in [0.15, 0.2) is 0 Å². The van der Waals surface area contributed by atoms with E-state index in [9.17, 15) is 14.7 Å². The quantitative estimate of drug-likeness (QED) is 0.696. The van der Waals surface area contributed by atoms with Crippen molar-refractivity contribution in [1.29, 1.82) is 0 Å². The van der Waals surface area contributed by atoms with Crippen LogP contribution in [0.25, 0.3) is 0 Å². The van der Waals surface area contributed by atoms with Crippen LogP contribution in [-0.4, -0.2) is 30.1 Å². The molecule has 5 nitrogen and oxygen atoms in total. The Morgan fingerprint density at radius 3 is 2.21 bits per heavy atom. The third-order valence-electron chi connectivity index (χ3n) is 5.00. The lowest BCUT2D eigenvalue weighted by Gasteiger charge is -2.36. The van der Waals surface area contributed by atoms with Crippen molar-refractivity contribution < 1.29 is 14.7 Å². The molecule has 2 rings (SSSR count). The zero-order valence-corrected chi connectivity index (χ0v) is 11.6. The van der Waals surface area contributed by atoms with Gasteiger partial charge in [0.2, 0.25) is 5.91 Å². The van der Waals surface area contributed by atoms with Gasteiger partial charge in [-0.3, -0.25) is 9.59 Å². The molecule has 0 heterocycles. The summed E-state index contributed by atoms with van der Waals surface area (Å²) < 4.78 is 0. The van der Waals surface area contributed by atoms with Gasteiger partial charge in [-0.2, -0.15) is 0 Å². The summed E-state index contributed by atoms with van der Waals surface area (Å²) >= 11 is 0. The maximum atomic E-state index is 12.0.